The second kappa shape index (κ2) is 8.76. The van der Waals surface area contributed by atoms with Crippen molar-refractivity contribution in [3.8, 4) is 0 Å². The number of thiazole rings is 1. The van der Waals surface area contributed by atoms with Gasteiger partial charge in [-0.1, -0.05) is 6.07 Å². The van der Waals surface area contributed by atoms with Crippen molar-refractivity contribution in [3.63, 3.8) is 0 Å². The van der Waals surface area contributed by atoms with E-state index in [2.05, 4.69) is 40.0 Å². The smallest absolute Gasteiger partial charge is 0.107 e. The second-order valence-corrected chi connectivity index (χ2v) is 8.44. The molecule has 2 aromatic rings. The van der Waals surface area contributed by atoms with Gasteiger partial charge in [-0.15, -0.1) is 23.7 Å². The maximum absolute atomic E-state index is 4.98. The molecule has 0 radical (unpaired) electrons. The molecule has 1 atom stereocenters. The van der Waals surface area contributed by atoms with Crippen LogP contribution >= 0.6 is 23.7 Å². The van der Waals surface area contributed by atoms with E-state index >= 15 is 0 Å². The van der Waals surface area contributed by atoms with Crippen LogP contribution in [0.5, 0.6) is 0 Å². The topological polar surface area (TPSA) is 44.3 Å². The van der Waals surface area contributed by atoms with Crippen LogP contribution in [0.1, 0.15) is 41.0 Å². The molecule has 7 heteroatoms. The van der Waals surface area contributed by atoms with Gasteiger partial charge in [-0.25, -0.2) is 4.98 Å². The largest absolute Gasteiger partial charge is 0.314 e. The van der Waals surface area contributed by atoms with E-state index in [1.165, 1.54) is 21.1 Å². The van der Waals surface area contributed by atoms with Gasteiger partial charge < -0.3 is 5.32 Å². The summed E-state index contributed by atoms with van der Waals surface area (Å²) in [5.74, 6) is 0. The number of aromatic nitrogens is 2. The van der Waals surface area contributed by atoms with Crippen molar-refractivity contribution in [2.45, 2.75) is 45.4 Å². The van der Waals surface area contributed by atoms with Gasteiger partial charge in [0.15, 0.2) is 0 Å². The predicted molar refractivity (Wildman–Crippen MR) is 109 cm³/mol. The fourth-order valence-electron chi connectivity index (χ4n) is 3.79. The molecular formula is C19H28ClN5S. The van der Waals surface area contributed by atoms with Gasteiger partial charge in [0.1, 0.15) is 5.01 Å². The third kappa shape index (κ3) is 4.26. The van der Waals surface area contributed by atoms with Gasteiger partial charge in [0.25, 0.3) is 0 Å². The molecule has 4 rings (SSSR count). The normalized spacial score (nSPS) is 21.4. The molecule has 0 bridgehead atoms. The van der Waals surface area contributed by atoms with Gasteiger partial charge in [-0.2, -0.15) is 0 Å². The second-order valence-electron chi connectivity index (χ2n) is 7.27. The van der Waals surface area contributed by atoms with E-state index in [9.17, 15) is 0 Å². The fraction of sp³-hybridized carbons (Fsp3) is 0.579. The Labute approximate surface area is 166 Å². The monoisotopic (exact) mass is 393 g/mol. The highest BCUT2D eigenvalue weighted by Crippen LogP contribution is 2.29. The number of nitrogens with zero attached hydrogens (tertiary/aromatic N) is 4. The molecule has 142 valence electrons. The Hall–Kier alpha value is -1.05. The number of halogens is 1. The van der Waals surface area contributed by atoms with E-state index in [0.717, 1.165) is 45.7 Å². The van der Waals surface area contributed by atoms with E-state index in [1.807, 2.05) is 29.8 Å². The average molecular weight is 394 g/mol. The van der Waals surface area contributed by atoms with Crippen LogP contribution in [0.4, 0.5) is 0 Å². The van der Waals surface area contributed by atoms with Crippen LogP contribution in [-0.4, -0.2) is 52.0 Å². The van der Waals surface area contributed by atoms with Crippen LogP contribution in [0.25, 0.3) is 0 Å². The lowest BCUT2D eigenvalue weighted by Crippen LogP contribution is -2.45. The quantitative estimate of drug-likeness (QED) is 0.865. The molecule has 0 aromatic carbocycles. The molecule has 1 fully saturated rings. The van der Waals surface area contributed by atoms with Crippen LogP contribution < -0.4 is 5.32 Å². The highest BCUT2D eigenvalue weighted by molar-refractivity contribution is 7.11. The molecule has 0 amide bonds. The van der Waals surface area contributed by atoms with Crippen LogP contribution in [0.2, 0.25) is 0 Å². The molecule has 2 aliphatic rings. The fourth-order valence-corrected chi connectivity index (χ4v) is 4.95. The summed E-state index contributed by atoms with van der Waals surface area (Å²) in [6, 6.07) is 5.22. The summed E-state index contributed by atoms with van der Waals surface area (Å²) in [6.45, 7) is 10.8. The molecule has 1 N–H and O–H groups in total. The Kier molecular flexibility index (Phi) is 6.64. The summed E-state index contributed by atoms with van der Waals surface area (Å²) in [5, 5.41) is 4.79. The van der Waals surface area contributed by atoms with Crippen LogP contribution in [0.3, 0.4) is 0 Å². The standard InChI is InChI=1S/C19H27N5S.ClH/c1-14(2)23-8-5-16-18(12-23)25-19(22-16)13-24-9-7-21-11-17(24)15-4-3-6-20-10-15;/h3-4,6,10,14,17,21H,5,7-9,11-13H2,1-2H3;1H. The van der Waals surface area contributed by atoms with Crippen molar-refractivity contribution in [1.82, 2.24) is 25.1 Å². The lowest BCUT2D eigenvalue weighted by molar-refractivity contribution is 0.153. The predicted octanol–water partition coefficient (Wildman–Crippen LogP) is 2.87. The summed E-state index contributed by atoms with van der Waals surface area (Å²) >= 11 is 1.92. The maximum atomic E-state index is 4.98. The highest BCUT2D eigenvalue weighted by atomic mass is 35.5. The average Bonchev–Trinajstić information content (AvgIpc) is 3.04. The molecule has 2 aliphatic heterocycles. The lowest BCUT2D eigenvalue weighted by atomic mass is 10.1. The summed E-state index contributed by atoms with van der Waals surface area (Å²) in [6.07, 6.45) is 4.94. The minimum atomic E-state index is 0. The van der Waals surface area contributed by atoms with Gasteiger partial charge in [-0.05, 0) is 25.5 Å². The molecule has 26 heavy (non-hydrogen) atoms. The molecular weight excluding hydrogens is 366 g/mol. The lowest BCUT2D eigenvalue weighted by Gasteiger charge is -2.35. The van der Waals surface area contributed by atoms with Crippen molar-refractivity contribution < 1.29 is 0 Å². The molecule has 1 saturated heterocycles. The molecule has 4 heterocycles. The zero-order valence-corrected chi connectivity index (χ0v) is 17.2. The van der Waals surface area contributed by atoms with Crippen LogP contribution in [-0.2, 0) is 19.5 Å². The van der Waals surface area contributed by atoms with E-state index in [-0.39, 0.29) is 12.4 Å². The SMILES string of the molecule is CC(C)N1CCc2nc(CN3CCNCC3c3cccnc3)sc2C1.Cl. The molecule has 0 spiro atoms. The van der Waals surface area contributed by atoms with Crippen molar-refractivity contribution in [3.05, 3.63) is 45.7 Å². The van der Waals surface area contributed by atoms with Crippen molar-refractivity contribution >= 4 is 23.7 Å². The van der Waals surface area contributed by atoms with Gasteiger partial charge in [0, 0.05) is 68.5 Å². The van der Waals surface area contributed by atoms with Gasteiger partial charge >= 0.3 is 0 Å². The zero-order chi connectivity index (χ0) is 17.2. The number of rotatable bonds is 4. The van der Waals surface area contributed by atoms with Crippen molar-refractivity contribution in [2.24, 2.45) is 0 Å². The number of hydrogen-bond donors (Lipinski definition) is 1. The summed E-state index contributed by atoms with van der Waals surface area (Å²) in [4.78, 5) is 15.9. The Balaban J connectivity index is 0.00000196. The molecule has 0 aliphatic carbocycles. The third-order valence-corrected chi connectivity index (χ3v) is 6.36. The van der Waals surface area contributed by atoms with E-state index in [0.29, 0.717) is 12.1 Å². The first kappa shape index (κ1) is 19.7. The zero-order valence-electron chi connectivity index (χ0n) is 15.5. The van der Waals surface area contributed by atoms with Crippen LogP contribution in [0, 0.1) is 0 Å². The first-order valence-corrected chi connectivity index (χ1v) is 10.1. The number of pyridine rings is 1. The first-order chi connectivity index (χ1) is 12.2. The van der Waals surface area contributed by atoms with Gasteiger partial charge in [0.05, 0.1) is 12.2 Å². The van der Waals surface area contributed by atoms with Crippen LogP contribution in [0.15, 0.2) is 24.5 Å². The number of fused-ring (bicyclic) bond motifs is 1. The van der Waals surface area contributed by atoms with E-state index in [1.54, 1.807) is 0 Å². The minimum Gasteiger partial charge on any atom is -0.314 e. The summed E-state index contributed by atoms with van der Waals surface area (Å²) in [7, 11) is 0. The number of hydrogen-bond acceptors (Lipinski definition) is 6. The Morgan fingerprint density at radius 1 is 1.35 bits per heavy atom. The Morgan fingerprint density at radius 2 is 2.23 bits per heavy atom. The summed E-state index contributed by atoms with van der Waals surface area (Å²) < 4.78 is 0. The highest BCUT2D eigenvalue weighted by Gasteiger charge is 2.27. The molecule has 5 nitrogen and oxygen atoms in total. The molecule has 2 aromatic heterocycles. The first-order valence-electron chi connectivity index (χ1n) is 9.27. The third-order valence-electron chi connectivity index (χ3n) is 5.30. The van der Waals surface area contributed by atoms with E-state index < -0.39 is 0 Å². The van der Waals surface area contributed by atoms with Gasteiger partial charge in [0.2, 0.25) is 0 Å². The Bertz CT molecular complexity index is 705. The van der Waals surface area contributed by atoms with E-state index in [4.69, 9.17) is 4.98 Å². The molecule has 0 saturated carbocycles. The Morgan fingerprint density at radius 3 is 3.00 bits per heavy atom. The summed E-state index contributed by atoms with van der Waals surface area (Å²) in [5.41, 5.74) is 2.63. The minimum absolute atomic E-state index is 0. The maximum Gasteiger partial charge on any atom is 0.107 e. The van der Waals surface area contributed by atoms with Crippen molar-refractivity contribution in [2.75, 3.05) is 26.2 Å². The molecule has 1 unspecified atom stereocenters. The number of nitrogens with one attached hydrogen (secondary N) is 1. The van der Waals surface area contributed by atoms with Crippen molar-refractivity contribution in [1.29, 1.82) is 0 Å². The van der Waals surface area contributed by atoms with Gasteiger partial charge in [-0.3, -0.25) is 14.8 Å². The number of piperazine rings is 1.